The molecule has 0 amide bonds. The SMILES string of the molecule is N=C=C(N=O)c1nc(-c2ccc(F)cc2)cs1. The van der Waals surface area contributed by atoms with Crippen LogP contribution < -0.4 is 0 Å². The summed E-state index contributed by atoms with van der Waals surface area (Å²) in [5.41, 5.74) is 1.22. The largest absolute Gasteiger partial charge is 0.257 e. The summed E-state index contributed by atoms with van der Waals surface area (Å²) in [4.78, 5) is 14.5. The number of nitrogens with zero attached hydrogens (tertiary/aromatic N) is 2. The molecule has 0 spiro atoms. The van der Waals surface area contributed by atoms with Crippen LogP contribution in [0.2, 0.25) is 0 Å². The molecule has 0 saturated heterocycles. The number of thiazole rings is 1. The zero-order chi connectivity index (χ0) is 12.3. The second-order valence-electron chi connectivity index (χ2n) is 3.11. The third-order valence-electron chi connectivity index (χ3n) is 2.06. The lowest BCUT2D eigenvalue weighted by Gasteiger charge is -1.95. The average Bonchev–Trinajstić information content (AvgIpc) is 2.81. The van der Waals surface area contributed by atoms with Gasteiger partial charge in [0, 0.05) is 16.8 Å². The van der Waals surface area contributed by atoms with Gasteiger partial charge in [0.25, 0.3) is 0 Å². The molecule has 0 aliphatic rings. The molecule has 1 aromatic carbocycles. The van der Waals surface area contributed by atoms with Crippen LogP contribution in [-0.2, 0) is 0 Å². The minimum absolute atomic E-state index is 0.136. The summed E-state index contributed by atoms with van der Waals surface area (Å²) in [6, 6.07) is 5.85. The highest BCUT2D eigenvalue weighted by molar-refractivity contribution is 7.11. The van der Waals surface area contributed by atoms with Crippen LogP contribution in [0.1, 0.15) is 5.01 Å². The first kappa shape index (κ1) is 11.3. The third-order valence-corrected chi connectivity index (χ3v) is 2.91. The van der Waals surface area contributed by atoms with Crippen molar-refractivity contribution in [2.75, 3.05) is 0 Å². The molecule has 0 radical (unpaired) electrons. The zero-order valence-corrected chi connectivity index (χ0v) is 9.29. The van der Waals surface area contributed by atoms with Crippen LogP contribution in [0, 0.1) is 16.1 Å². The van der Waals surface area contributed by atoms with Crippen LogP contribution in [0.4, 0.5) is 4.39 Å². The maximum Gasteiger partial charge on any atom is 0.204 e. The molecular weight excluding hydrogens is 241 g/mol. The van der Waals surface area contributed by atoms with Crippen molar-refractivity contribution in [2.24, 2.45) is 5.18 Å². The molecule has 0 atom stereocenters. The molecule has 1 N–H and O–H groups in total. The van der Waals surface area contributed by atoms with Gasteiger partial charge in [-0.3, -0.25) is 5.41 Å². The van der Waals surface area contributed by atoms with Crippen LogP contribution in [0.3, 0.4) is 0 Å². The van der Waals surface area contributed by atoms with Crippen LogP contribution in [0.15, 0.2) is 34.8 Å². The van der Waals surface area contributed by atoms with E-state index in [2.05, 4.69) is 10.2 Å². The Morgan fingerprint density at radius 1 is 1.41 bits per heavy atom. The summed E-state index contributed by atoms with van der Waals surface area (Å²) in [7, 11) is 0. The van der Waals surface area contributed by atoms with Gasteiger partial charge in [-0.1, -0.05) is 0 Å². The van der Waals surface area contributed by atoms with Crippen molar-refractivity contribution in [3.05, 3.63) is 45.4 Å². The standard InChI is InChI=1S/C11H6FN3OS/c12-8-3-1-7(2-4-8)10-6-17-11(14-10)9(5-13)15-16/h1-4,6,13H. The molecule has 1 aromatic heterocycles. The lowest BCUT2D eigenvalue weighted by Crippen LogP contribution is -1.82. The van der Waals surface area contributed by atoms with Gasteiger partial charge in [-0.25, -0.2) is 9.37 Å². The average molecular weight is 247 g/mol. The summed E-state index contributed by atoms with van der Waals surface area (Å²) in [6.45, 7) is 0. The van der Waals surface area contributed by atoms with Gasteiger partial charge >= 0.3 is 0 Å². The Bertz CT molecular complexity index is 599. The summed E-state index contributed by atoms with van der Waals surface area (Å²) in [5.74, 6) is 1.60. The summed E-state index contributed by atoms with van der Waals surface area (Å²) >= 11 is 1.19. The topological polar surface area (TPSA) is 66.2 Å². The first-order chi connectivity index (χ1) is 8.24. The van der Waals surface area contributed by atoms with Gasteiger partial charge in [-0.15, -0.1) is 16.2 Å². The number of benzene rings is 1. The highest BCUT2D eigenvalue weighted by Gasteiger charge is 2.09. The van der Waals surface area contributed by atoms with E-state index in [4.69, 9.17) is 5.41 Å². The van der Waals surface area contributed by atoms with Gasteiger partial charge < -0.3 is 0 Å². The molecule has 17 heavy (non-hydrogen) atoms. The number of rotatable bonds is 3. The van der Waals surface area contributed by atoms with E-state index in [1.54, 1.807) is 17.5 Å². The maximum absolute atomic E-state index is 12.7. The second-order valence-corrected chi connectivity index (χ2v) is 3.97. The lowest BCUT2D eigenvalue weighted by atomic mass is 10.2. The van der Waals surface area contributed by atoms with Crippen molar-refractivity contribution >= 4 is 22.9 Å². The van der Waals surface area contributed by atoms with Gasteiger partial charge in [-0.05, 0) is 29.4 Å². The molecule has 0 aliphatic heterocycles. The normalized spacial score (nSPS) is 9.71. The van der Waals surface area contributed by atoms with Crippen molar-refractivity contribution in [3.63, 3.8) is 0 Å². The number of hydrogen-bond acceptors (Lipinski definition) is 5. The molecular formula is C11H6FN3OS. The van der Waals surface area contributed by atoms with Crippen molar-refractivity contribution in [3.8, 4) is 11.3 Å². The van der Waals surface area contributed by atoms with E-state index in [1.807, 2.05) is 5.87 Å². The van der Waals surface area contributed by atoms with E-state index in [-0.39, 0.29) is 11.5 Å². The van der Waals surface area contributed by atoms with Crippen molar-refractivity contribution in [2.45, 2.75) is 0 Å². The van der Waals surface area contributed by atoms with E-state index < -0.39 is 0 Å². The Kier molecular flexibility index (Phi) is 3.18. The monoisotopic (exact) mass is 247 g/mol. The Morgan fingerprint density at radius 2 is 2.12 bits per heavy atom. The van der Waals surface area contributed by atoms with Crippen LogP contribution in [0.25, 0.3) is 17.0 Å². The van der Waals surface area contributed by atoms with E-state index in [9.17, 15) is 9.30 Å². The molecule has 2 aromatic rings. The Hall–Kier alpha value is -2.17. The molecule has 0 fully saturated rings. The van der Waals surface area contributed by atoms with E-state index in [0.29, 0.717) is 10.7 Å². The molecule has 0 aliphatic carbocycles. The molecule has 4 nitrogen and oxygen atoms in total. The fourth-order valence-electron chi connectivity index (χ4n) is 1.25. The fourth-order valence-corrected chi connectivity index (χ4v) is 2.01. The van der Waals surface area contributed by atoms with E-state index >= 15 is 0 Å². The van der Waals surface area contributed by atoms with Crippen molar-refractivity contribution in [1.82, 2.24) is 4.98 Å². The highest BCUT2D eigenvalue weighted by atomic mass is 32.1. The summed E-state index contributed by atoms with van der Waals surface area (Å²) in [6.07, 6.45) is 0. The second kappa shape index (κ2) is 4.78. The number of aromatic nitrogens is 1. The Morgan fingerprint density at radius 3 is 2.71 bits per heavy atom. The minimum atomic E-state index is -0.321. The zero-order valence-electron chi connectivity index (χ0n) is 8.48. The van der Waals surface area contributed by atoms with E-state index in [1.165, 1.54) is 23.5 Å². The molecule has 84 valence electrons. The first-order valence-electron chi connectivity index (χ1n) is 4.59. The lowest BCUT2D eigenvalue weighted by molar-refractivity contribution is 0.628. The van der Waals surface area contributed by atoms with Gasteiger partial charge in [0.1, 0.15) is 5.82 Å². The smallest absolute Gasteiger partial charge is 0.204 e. The number of nitrogens with one attached hydrogen (secondary N) is 1. The van der Waals surface area contributed by atoms with Gasteiger partial charge in [-0.2, -0.15) is 0 Å². The van der Waals surface area contributed by atoms with Gasteiger partial charge in [0.05, 0.1) is 5.69 Å². The van der Waals surface area contributed by atoms with Gasteiger partial charge in [0.15, 0.2) is 5.01 Å². The minimum Gasteiger partial charge on any atom is -0.257 e. The molecule has 0 unspecified atom stereocenters. The van der Waals surface area contributed by atoms with E-state index in [0.717, 1.165) is 5.56 Å². The molecule has 0 saturated carbocycles. The first-order valence-corrected chi connectivity index (χ1v) is 5.47. The fraction of sp³-hybridized carbons (Fsp3) is 0. The Labute approximate surface area is 99.9 Å². The number of halogens is 1. The third kappa shape index (κ3) is 2.33. The van der Waals surface area contributed by atoms with Crippen molar-refractivity contribution < 1.29 is 4.39 Å². The van der Waals surface area contributed by atoms with Crippen LogP contribution >= 0.6 is 11.3 Å². The predicted molar refractivity (Wildman–Crippen MR) is 64.4 cm³/mol. The van der Waals surface area contributed by atoms with Crippen LogP contribution in [-0.4, -0.2) is 10.9 Å². The highest BCUT2D eigenvalue weighted by Crippen LogP contribution is 2.25. The molecule has 2 rings (SSSR count). The number of nitroso groups, excluding NO2 is 1. The molecule has 1 heterocycles. The summed E-state index contributed by atoms with van der Waals surface area (Å²) < 4.78 is 12.7. The predicted octanol–water partition coefficient (Wildman–Crippen LogP) is 3.30. The number of hydrogen-bond donors (Lipinski definition) is 1. The summed E-state index contributed by atoms with van der Waals surface area (Å²) in [5, 5.41) is 11.6. The molecule has 0 bridgehead atoms. The van der Waals surface area contributed by atoms with Gasteiger partial charge in [0.2, 0.25) is 5.70 Å². The Balaban J connectivity index is 2.39. The van der Waals surface area contributed by atoms with Crippen molar-refractivity contribution in [1.29, 1.82) is 5.41 Å². The quantitative estimate of drug-likeness (QED) is 0.668. The van der Waals surface area contributed by atoms with Crippen LogP contribution in [0.5, 0.6) is 0 Å². The molecule has 6 heteroatoms. The maximum atomic E-state index is 12.7.